The SMILES string of the molecule is CC(C)(NS(C)(=O)=O)C(=O)Nc1ccc(-c2n[nH]c(CN)n2)cc1.Cl. The van der Waals surface area contributed by atoms with Gasteiger partial charge in [-0.3, -0.25) is 9.89 Å². The van der Waals surface area contributed by atoms with Gasteiger partial charge in [-0.25, -0.2) is 18.1 Å². The Balaban J connectivity index is 0.00000312. The zero-order chi connectivity index (χ0) is 18.0. The average Bonchev–Trinajstić information content (AvgIpc) is 2.94. The fourth-order valence-electron chi connectivity index (χ4n) is 2.02. The summed E-state index contributed by atoms with van der Waals surface area (Å²) in [6, 6.07) is 6.86. The average molecular weight is 389 g/mol. The highest BCUT2D eigenvalue weighted by Gasteiger charge is 2.30. The van der Waals surface area contributed by atoms with E-state index in [1.807, 2.05) is 0 Å². The van der Waals surface area contributed by atoms with Crippen LogP contribution in [0.2, 0.25) is 0 Å². The summed E-state index contributed by atoms with van der Waals surface area (Å²) in [6.45, 7) is 3.24. The lowest BCUT2D eigenvalue weighted by Gasteiger charge is -2.23. The van der Waals surface area contributed by atoms with Crippen LogP contribution in [0.15, 0.2) is 24.3 Å². The number of carbonyl (C=O) groups excluding carboxylic acids is 1. The summed E-state index contributed by atoms with van der Waals surface area (Å²) in [5.41, 5.74) is 5.49. The molecule has 0 aliphatic heterocycles. The maximum atomic E-state index is 12.2. The normalized spacial score (nSPS) is 11.7. The highest BCUT2D eigenvalue weighted by Crippen LogP contribution is 2.19. The molecule has 0 saturated carbocycles. The Morgan fingerprint density at radius 3 is 2.36 bits per heavy atom. The van der Waals surface area contributed by atoms with Gasteiger partial charge < -0.3 is 11.1 Å². The van der Waals surface area contributed by atoms with Crippen LogP contribution in [0.25, 0.3) is 11.4 Å². The molecular weight excluding hydrogens is 368 g/mol. The summed E-state index contributed by atoms with van der Waals surface area (Å²) in [6.07, 6.45) is 1.00. The van der Waals surface area contributed by atoms with E-state index in [0.29, 0.717) is 17.3 Å². The van der Waals surface area contributed by atoms with E-state index in [2.05, 4.69) is 25.2 Å². The summed E-state index contributed by atoms with van der Waals surface area (Å²) in [4.78, 5) is 16.4. The van der Waals surface area contributed by atoms with Crippen LogP contribution in [0, 0.1) is 0 Å². The lowest BCUT2D eigenvalue weighted by molar-refractivity contribution is -0.120. The molecule has 0 atom stereocenters. The van der Waals surface area contributed by atoms with Crippen molar-refractivity contribution in [2.75, 3.05) is 11.6 Å². The predicted molar refractivity (Wildman–Crippen MR) is 97.6 cm³/mol. The number of benzene rings is 1. The van der Waals surface area contributed by atoms with Crippen LogP contribution in [-0.4, -0.2) is 41.3 Å². The van der Waals surface area contributed by atoms with Crippen molar-refractivity contribution in [3.63, 3.8) is 0 Å². The van der Waals surface area contributed by atoms with Crippen molar-refractivity contribution < 1.29 is 13.2 Å². The summed E-state index contributed by atoms with van der Waals surface area (Å²) in [5.74, 6) is 0.618. The summed E-state index contributed by atoms with van der Waals surface area (Å²) >= 11 is 0. The number of hydrogen-bond acceptors (Lipinski definition) is 6. The molecule has 1 aromatic carbocycles. The van der Waals surface area contributed by atoms with E-state index < -0.39 is 21.5 Å². The van der Waals surface area contributed by atoms with Gasteiger partial charge in [-0.05, 0) is 38.1 Å². The van der Waals surface area contributed by atoms with E-state index in [9.17, 15) is 13.2 Å². The third kappa shape index (κ3) is 5.78. The van der Waals surface area contributed by atoms with Crippen molar-refractivity contribution in [3.8, 4) is 11.4 Å². The predicted octanol–water partition coefficient (Wildman–Crippen LogP) is 0.619. The first-order valence-electron chi connectivity index (χ1n) is 7.13. The number of amides is 1. The minimum atomic E-state index is -3.50. The van der Waals surface area contributed by atoms with Crippen LogP contribution in [0.3, 0.4) is 0 Å². The first kappa shape index (κ1) is 21.0. The number of H-pyrrole nitrogens is 1. The van der Waals surface area contributed by atoms with Gasteiger partial charge in [0.15, 0.2) is 5.82 Å². The molecule has 11 heteroatoms. The molecule has 0 unspecified atom stereocenters. The van der Waals surface area contributed by atoms with E-state index in [0.717, 1.165) is 11.8 Å². The quantitative estimate of drug-likeness (QED) is 0.571. The number of nitrogens with zero attached hydrogens (tertiary/aromatic N) is 2. The molecule has 2 rings (SSSR count). The lowest BCUT2D eigenvalue weighted by Crippen LogP contribution is -2.51. The molecule has 5 N–H and O–H groups in total. The van der Waals surface area contributed by atoms with Crippen LogP contribution in [-0.2, 0) is 21.4 Å². The van der Waals surface area contributed by atoms with Gasteiger partial charge >= 0.3 is 0 Å². The Bertz CT molecular complexity index is 833. The molecule has 0 saturated heterocycles. The number of sulfonamides is 1. The van der Waals surface area contributed by atoms with Crippen LogP contribution in [0.4, 0.5) is 5.69 Å². The fourth-order valence-corrected chi connectivity index (χ4v) is 3.04. The lowest BCUT2D eigenvalue weighted by atomic mass is 10.1. The molecule has 1 heterocycles. The smallest absolute Gasteiger partial charge is 0.245 e. The van der Waals surface area contributed by atoms with E-state index in [1.54, 1.807) is 24.3 Å². The summed E-state index contributed by atoms with van der Waals surface area (Å²) in [5, 5.41) is 9.43. The number of hydrogen-bond donors (Lipinski definition) is 4. The van der Waals surface area contributed by atoms with Crippen molar-refractivity contribution in [1.29, 1.82) is 0 Å². The second-order valence-electron chi connectivity index (χ2n) is 5.84. The third-order valence-corrected chi connectivity index (χ3v) is 4.02. The van der Waals surface area contributed by atoms with E-state index in [-0.39, 0.29) is 19.0 Å². The van der Waals surface area contributed by atoms with E-state index in [4.69, 9.17) is 5.73 Å². The molecule has 9 nitrogen and oxygen atoms in total. The maximum absolute atomic E-state index is 12.2. The summed E-state index contributed by atoms with van der Waals surface area (Å²) < 4.78 is 24.9. The van der Waals surface area contributed by atoms with Gasteiger partial charge in [0.2, 0.25) is 15.9 Å². The van der Waals surface area contributed by atoms with Crippen molar-refractivity contribution >= 4 is 34.0 Å². The zero-order valence-electron chi connectivity index (χ0n) is 14.0. The molecule has 0 fully saturated rings. The molecule has 2 aromatic rings. The van der Waals surface area contributed by atoms with Crippen molar-refractivity contribution in [3.05, 3.63) is 30.1 Å². The Morgan fingerprint density at radius 2 is 1.88 bits per heavy atom. The first-order chi connectivity index (χ1) is 11.1. The number of anilines is 1. The number of rotatable bonds is 6. The highest BCUT2D eigenvalue weighted by atomic mass is 35.5. The number of halogens is 1. The molecule has 0 aliphatic rings. The minimum Gasteiger partial charge on any atom is -0.324 e. The number of nitrogens with one attached hydrogen (secondary N) is 3. The molecule has 0 spiro atoms. The van der Waals surface area contributed by atoms with Gasteiger partial charge in [-0.15, -0.1) is 12.4 Å². The van der Waals surface area contributed by atoms with Gasteiger partial charge in [-0.1, -0.05) is 0 Å². The first-order valence-corrected chi connectivity index (χ1v) is 9.02. The van der Waals surface area contributed by atoms with Crippen molar-refractivity contribution in [1.82, 2.24) is 19.9 Å². The zero-order valence-corrected chi connectivity index (χ0v) is 15.7. The molecule has 1 amide bonds. The van der Waals surface area contributed by atoms with Gasteiger partial charge in [0.1, 0.15) is 11.4 Å². The van der Waals surface area contributed by atoms with Crippen LogP contribution >= 0.6 is 12.4 Å². The van der Waals surface area contributed by atoms with Gasteiger partial charge in [0, 0.05) is 11.3 Å². The second-order valence-corrected chi connectivity index (χ2v) is 7.59. The van der Waals surface area contributed by atoms with E-state index >= 15 is 0 Å². The Hall–Kier alpha value is -2.01. The highest BCUT2D eigenvalue weighted by molar-refractivity contribution is 7.88. The molecule has 25 heavy (non-hydrogen) atoms. The van der Waals surface area contributed by atoms with Crippen molar-refractivity contribution in [2.45, 2.75) is 25.9 Å². The van der Waals surface area contributed by atoms with Gasteiger partial charge in [0.25, 0.3) is 0 Å². The van der Waals surface area contributed by atoms with Gasteiger partial charge in [-0.2, -0.15) is 5.10 Å². The second kappa shape index (κ2) is 7.91. The minimum absolute atomic E-state index is 0. The topological polar surface area (TPSA) is 143 Å². The number of aromatic nitrogens is 3. The summed E-state index contributed by atoms with van der Waals surface area (Å²) in [7, 11) is -3.50. The third-order valence-electron chi connectivity index (χ3n) is 3.13. The Labute approximate surface area is 152 Å². The van der Waals surface area contributed by atoms with Crippen LogP contribution in [0.5, 0.6) is 0 Å². The number of nitrogens with two attached hydrogens (primary N) is 1. The monoisotopic (exact) mass is 388 g/mol. The number of carbonyl (C=O) groups is 1. The Morgan fingerprint density at radius 1 is 1.28 bits per heavy atom. The van der Waals surface area contributed by atoms with Crippen LogP contribution < -0.4 is 15.8 Å². The van der Waals surface area contributed by atoms with E-state index in [1.165, 1.54) is 13.8 Å². The molecule has 138 valence electrons. The van der Waals surface area contributed by atoms with Gasteiger partial charge in [0.05, 0.1) is 12.8 Å². The fraction of sp³-hybridized carbons (Fsp3) is 0.357. The molecule has 0 aliphatic carbocycles. The number of aromatic amines is 1. The molecular formula is C14H21ClN6O3S. The van der Waals surface area contributed by atoms with Crippen LogP contribution in [0.1, 0.15) is 19.7 Å². The molecule has 0 bridgehead atoms. The largest absolute Gasteiger partial charge is 0.324 e. The Kier molecular flexibility index (Phi) is 6.66. The molecule has 0 radical (unpaired) electrons. The maximum Gasteiger partial charge on any atom is 0.245 e. The standard InChI is InChI=1S/C14H20N6O3S.ClH/c1-14(2,20-24(3,22)23)13(21)16-10-6-4-9(5-7-10)12-17-11(8-15)18-19-12;/h4-7,20H,8,15H2,1-3H3,(H,16,21)(H,17,18,19);1H. The molecule has 1 aromatic heterocycles. The van der Waals surface area contributed by atoms with Crippen molar-refractivity contribution in [2.24, 2.45) is 5.73 Å².